The smallest absolute Gasteiger partial charge is 0.383 e. The number of rotatable bonds is 8. The van der Waals surface area contributed by atoms with Crippen LogP contribution in [0.3, 0.4) is 0 Å². The van der Waals surface area contributed by atoms with E-state index in [9.17, 15) is 15.0 Å². The number of aromatic hydroxyl groups is 1. The van der Waals surface area contributed by atoms with Gasteiger partial charge in [-0.3, -0.25) is 0 Å². The Morgan fingerprint density at radius 2 is 2.09 bits per heavy atom. The second-order valence-corrected chi connectivity index (χ2v) is 5.05. The van der Waals surface area contributed by atoms with Crippen LogP contribution in [0.5, 0.6) is 17.2 Å². The third-order valence-corrected chi connectivity index (χ3v) is 3.21. The lowest BCUT2D eigenvalue weighted by atomic mass is 10.2. The van der Waals surface area contributed by atoms with Crippen molar-refractivity contribution in [3.63, 3.8) is 0 Å². The van der Waals surface area contributed by atoms with E-state index in [2.05, 4.69) is 0 Å². The quantitative estimate of drug-likeness (QED) is 0.497. The van der Waals surface area contributed by atoms with E-state index in [0.29, 0.717) is 0 Å². The molecule has 1 heterocycles. The molecule has 0 fully saturated rings. The first-order chi connectivity index (χ1) is 11.1. The molecule has 7 nitrogen and oxygen atoms in total. The average molecular weight is 324 g/mol. The number of hydrogen-bond acceptors (Lipinski definition) is 7. The van der Waals surface area contributed by atoms with Crippen LogP contribution < -0.4 is 15.1 Å². The van der Waals surface area contributed by atoms with Crippen LogP contribution in [0.15, 0.2) is 27.4 Å². The van der Waals surface area contributed by atoms with Crippen LogP contribution in [-0.4, -0.2) is 41.2 Å². The Bertz CT molecular complexity index is 707. The minimum atomic E-state index is -1.05. The fraction of sp³-hybridized carbons (Fsp3) is 0.438. The number of unbranched alkanes of at least 4 members (excludes halogenated alkanes) is 1. The molecule has 3 N–H and O–H groups in total. The molecule has 0 aliphatic rings. The van der Waals surface area contributed by atoms with E-state index in [4.69, 9.17) is 19.0 Å². The Balaban J connectivity index is 2.41. The predicted octanol–water partition coefficient (Wildman–Crippen LogP) is 1.41. The summed E-state index contributed by atoms with van der Waals surface area (Å²) in [7, 11) is 0. The molecule has 126 valence electrons. The zero-order chi connectivity index (χ0) is 16.8. The van der Waals surface area contributed by atoms with Crippen LogP contribution in [0.25, 0.3) is 11.0 Å². The number of aliphatic hydroxyl groups is 2. The molecular formula is C16H20O7. The number of ether oxygens (including phenoxy) is 2. The maximum absolute atomic E-state index is 11.9. The molecular weight excluding hydrogens is 304 g/mol. The largest absolute Gasteiger partial charge is 0.503 e. The van der Waals surface area contributed by atoms with Crippen molar-refractivity contribution in [2.75, 3.05) is 19.8 Å². The Kier molecular flexibility index (Phi) is 5.84. The standard InChI is InChI=1S/C16H20O7/c1-2-3-7-21-15-14(19)13-11(22-9-10(18)8-17)5-4-6-12(13)23-16(15)20/h4-6,10,17-19H,2-3,7-9H2,1H3. The summed E-state index contributed by atoms with van der Waals surface area (Å²) in [6, 6.07) is 4.66. The summed E-state index contributed by atoms with van der Waals surface area (Å²) in [6.45, 7) is 1.65. The molecule has 0 saturated carbocycles. The second kappa shape index (κ2) is 7.85. The molecule has 0 amide bonds. The fourth-order valence-corrected chi connectivity index (χ4v) is 1.99. The van der Waals surface area contributed by atoms with Crippen LogP contribution in [-0.2, 0) is 0 Å². The Labute approximate surface area is 132 Å². The normalized spacial score (nSPS) is 12.3. The van der Waals surface area contributed by atoms with Gasteiger partial charge in [-0.05, 0) is 18.6 Å². The van der Waals surface area contributed by atoms with Crippen LogP contribution in [0.2, 0.25) is 0 Å². The van der Waals surface area contributed by atoms with Crippen LogP contribution >= 0.6 is 0 Å². The molecule has 0 bridgehead atoms. The fourth-order valence-electron chi connectivity index (χ4n) is 1.99. The lowest BCUT2D eigenvalue weighted by molar-refractivity contribution is 0.0540. The van der Waals surface area contributed by atoms with E-state index in [-0.39, 0.29) is 41.4 Å². The van der Waals surface area contributed by atoms with Gasteiger partial charge in [-0.25, -0.2) is 4.79 Å². The van der Waals surface area contributed by atoms with Crippen molar-refractivity contribution in [3.05, 3.63) is 28.6 Å². The van der Waals surface area contributed by atoms with Crippen molar-refractivity contribution in [1.29, 1.82) is 0 Å². The van der Waals surface area contributed by atoms with Crippen LogP contribution in [0.1, 0.15) is 19.8 Å². The van der Waals surface area contributed by atoms with E-state index in [0.717, 1.165) is 12.8 Å². The summed E-state index contributed by atoms with van der Waals surface area (Å²) >= 11 is 0. The van der Waals surface area contributed by atoms with Gasteiger partial charge in [0, 0.05) is 0 Å². The molecule has 1 aromatic carbocycles. The van der Waals surface area contributed by atoms with Gasteiger partial charge >= 0.3 is 5.63 Å². The van der Waals surface area contributed by atoms with Gasteiger partial charge < -0.3 is 29.2 Å². The third-order valence-electron chi connectivity index (χ3n) is 3.21. The Hall–Kier alpha value is -2.25. The summed E-state index contributed by atoms with van der Waals surface area (Å²) in [5, 5.41) is 28.7. The van der Waals surface area contributed by atoms with Gasteiger partial charge in [-0.2, -0.15) is 0 Å². The van der Waals surface area contributed by atoms with Gasteiger partial charge in [0.05, 0.1) is 13.2 Å². The highest BCUT2D eigenvalue weighted by Crippen LogP contribution is 2.37. The van der Waals surface area contributed by atoms with Gasteiger partial charge in [-0.1, -0.05) is 19.4 Å². The molecule has 23 heavy (non-hydrogen) atoms. The topological polar surface area (TPSA) is 109 Å². The monoisotopic (exact) mass is 324 g/mol. The molecule has 1 aromatic heterocycles. The van der Waals surface area contributed by atoms with Gasteiger partial charge in [0.2, 0.25) is 5.75 Å². The summed E-state index contributed by atoms with van der Waals surface area (Å²) in [5.41, 5.74) is -0.620. The van der Waals surface area contributed by atoms with Gasteiger partial charge in [-0.15, -0.1) is 0 Å². The van der Waals surface area contributed by atoms with Gasteiger partial charge in [0.1, 0.15) is 29.4 Å². The molecule has 0 aliphatic carbocycles. The number of benzene rings is 1. The lowest BCUT2D eigenvalue weighted by Crippen LogP contribution is -2.21. The first kappa shape index (κ1) is 17.1. The van der Waals surface area contributed by atoms with E-state index >= 15 is 0 Å². The summed E-state index contributed by atoms with van der Waals surface area (Å²) < 4.78 is 15.8. The minimum absolute atomic E-state index is 0.145. The van der Waals surface area contributed by atoms with E-state index in [1.54, 1.807) is 12.1 Å². The van der Waals surface area contributed by atoms with E-state index in [1.807, 2.05) is 6.92 Å². The van der Waals surface area contributed by atoms with Crippen molar-refractivity contribution < 1.29 is 29.2 Å². The first-order valence-electron chi connectivity index (χ1n) is 7.41. The number of fused-ring (bicyclic) bond motifs is 1. The maximum Gasteiger partial charge on any atom is 0.383 e. The van der Waals surface area contributed by atoms with Crippen LogP contribution in [0, 0.1) is 0 Å². The van der Waals surface area contributed by atoms with E-state index < -0.39 is 18.3 Å². The number of hydrogen-bond donors (Lipinski definition) is 3. The zero-order valence-corrected chi connectivity index (χ0v) is 12.8. The molecule has 0 radical (unpaired) electrons. The summed E-state index contributed by atoms with van der Waals surface area (Å²) in [5.74, 6) is -0.400. The first-order valence-corrected chi connectivity index (χ1v) is 7.41. The van der Waals surface area contributed by atoms with Crippen molar-refractivity contribution >= 4 is 11.0 Å². The minimum Gasteiger partial charge on any atom is -0.503 e. The lowest BCUT2D eigenvalue weighted by Gasteiger charge is -2.13. The summed E-state index contributed by atoms with van der Waals surface area (Å²) in [6.07, 6.45) is 0.564. The number of aliphatic hydroxyl groups excluding tert-OH is 2. The molecule has 1 atom stereocenters. The molecule has 0 saturated heterocycles. The van der Waals surface area contributed by atoms with Gasteiger partial charge in [0.25, 0.3) is 0 Å². The molecule has 2 aromatic rings. The zero-order valence-electron chi connectivity index (χ0n) is 12.8. The highest BCUT2D eigenvalue weighted by molar-refractivity contribution is 5.91. The van der Waals surface area contributed by atoms with Gasteiger partial charge in [0.15, 0.2) is 5.75 Å². The van der Waals surface area contributed by atoms with Crippen LogP contribution in [0.4, 0.5) is 0 Å². The highest BCUT2D eigenvalue weighted by Gasteiger charge is 2.19. The molecule has 0 spiro atoms. The van der Waals surface area contributed by atoms with Crippen molar-refractivity contribution in [2.45, 2.75) is 25.9 Å². The predicted molar refractivity (Wildman–Crippen MR) is 83.1 cm³/mol. The Morgan fingerprint density at radius 3 is 2.78 bits per heavy atom. The molecule has 0 aliphatic heterocycles. The summed E-state index contributed by atoms with van der Waals surface area (Å²) in [4.78, 5) is 11.9. The molecule has 7 heteroatoms. The average Bonchev–Trinajstić information content (AvgIpc) is 2.55. The Morgan fingerprint density at radius 1 is 1.30 bits per heavy atom. The SMILES string of the molecule is CCCCOc1c(O)c2c(OCC(O)CO)cccc2oc1=O. The molecule has 2 rings (SSSR count). The highest BCUT2D eigenvalue weighted by atomic mass is 16.5. The van der Waals surface area contributed by atoms with E-state index in [1.165, 1.54) is 6.07 Å². The van der Waals surface area contributed by atoms with Crippen molar-refractivity contribution in [1.82, 2.24) is 0 Å². The van der Waals surface area contributed by atoms with Crippen molar-refractivity contribution in [2.24, 2.45) is 0 Å². The maximum atomic E-state index is 11.9. The third kappa shape index (κ3) is 3.94. The molecule has 1 unspecified atom stereocenters. The second-order valence-electron chi connectivity index (χ2n) is 5.05. The van der Waals surface area contributed by atoms with Crippen molar-refractivity contribution in [3.8, 4) is 17.2 Å².